The van der Waals surface area contributed by atoms with Gasteiger partial charge in [-0.3, -0.25) is 9.78 Å². The third-order valence-electron chi connectivity index (χ3n) is 2.16. The molecule has 0 saturated carbocycles. The van der Waals surface area contributed by atoms with Crippen molar-refractivity contribution in [3.8, 4) is 0 Å². The Kier molecular flexibility index (Phi) is 4.53. The van der Waals surface area contributed by atoms with E-state index in [0.717, 1.165) is 13.2 Å². The molecule has 1 atom stereocenters. The fourth-order valence-corrected chi connectivity index (χ4v) is 1.46. The normalized spacial score (nSPS) is 13.2. The van der Waals surface area contributed by atoms with Crippen LogP contribution < -0.4 is 5.73 Å². The van der Waals surface area contributed by atoms with E-state index < -0.39 is 23.8 Å². The summed E-state index contributed by atoms with van der Waals surface area (Å²) >= 11 is 5.66. The van der Waals surface area contributed by atoms with Gasteiger partial charge in [0, 0.05) is 12.6 Å². The van der Waals surface area contributed by atoms with Crippen molar-refractivity contribution < 1.29 is 22.7 Å². The van der Waals surface area contributed by atoms with Crippen molar-refractivity contribution in [1.29, 1.82) is 0 Å². The van der Waals surface area contributed by atoms with E-state index in [2.05, 4.69) is 9.72 Å². The van der Waals surface area contributed by atoms with Crippen molar-refractivity contribution >= 4 is 17.6 Å². The minimum absolute atomic E-state index is 0.0936. The standard InChI is InChI=1S/C10H10ClF3N2O2/c1-18-9(17)7(15)3-8-6(11)2-5(4-16-8)10(12,13)14/h2,4,7H,3,15H2,1H3/t7-/m0/s1. The molecule has 0 aliphatic heterocycles. The highest BCUT2D eigenvalue weighted by atomic mass is 35.5. The summed E-state index contributed by atoms with van der Waals surface area (Å²) < 4.78 is 41.4. The lowest BCUT2D eigenvalue weighted by Gasteiger charge is -2.11. The lowest BCUT2D eigenvalue weighted by Crippen LogP contribution is -2.34. The predicted octanol–water partition coefficient (Wildman–Crippen LogP) is 1.80. The second-order valence-corrected chi connectivity index (χ2v) is 3.89. The Morgan fingerprint density at radius 1 is 1.61 bits per heavy atom. The number of nitrogens with zero attached hydrogens (tertiary/aromatic N) is 1. The summed E-state index contributed by atoms with van der Waals surface area (Å²) in [6.07, 6.45) is -3.96. The Hall–Kier alpha value is -1.34. The number of methoxy groups -OCH3 is 1. The van der Waals surface area contributed by atoms with Crippen molar-refractivity contribution in [3.63, 3.8) is 0 Å². The third kappa shape index (κ3) is 3.58. The molecular formula is C10H10ClF3N2O2. The van der Waals surface area contributed by atoms with Crippen LogP contribution in [0.4, 0.5) is 13.2 Å². The summed E-state index contributed by atoms with van der Waals surface area (Å²) in [4.78, 5) is 14.6. The zero-order valence-electron chi connectivity index (χ0n) is 9.29. The SMILES string of the molecule is COC(=O)[C@@H](N)Cc1ncc(C(F)(F)F)cc1Cl. The van der Waals surface area contributed by atoms with Crippen molar-refractivity contribution in [2.24, 2.45) is 5.73 Å². The average molecular weight is 283 g/mol. The summed E-state index contributed by atoms with van der Waals surface area (Å²) in [5.41, 5.74) is 4.61. The van der Waals surface area contributed by atoms with Crippen LogP contribution in [0.3, 0.4) is 0 Å². The Balaban J connectivity index is 2.90. The number of esters is 1. The number of carbonyl (C=O) groups excluding carboxylic acids is 1. The minimum atomic E-state index is -4.51. The van der Waals surface area contributed by atoms with Crippen LogP contribution in [0, 0.1) is 0 Å². The Morgan fingerprint density at radius 3 is 2.67 bits per heavy atom. The summed E-state index contributed by atoms with van der Waals surface area (Å²) in [5.74, 6) is -0.687. The number of hydrogen-bond acceptors (Lipinski definition) is 4. The van der Waals surface area contributed by atoms with Crippen molar-refractivity contribution in [3.05, 3.63) is 28.5 Å². The van der Waals surface area contributed by atoms with Gasteiger partial charge in [0.25, 0.3) is 0 Å². The van der Waals surface area contributed by atoms with Gasteiger partial charge in [-0.1, -0.05) is 11.6 Å². The van der Waals surface area contributed by atoms with Gasteiger partial charge in [-0.2, -0.15) is 13.2 Å². The van der Waals surface area contributed by atoms with Gasteiger partial charge in [-0.15, -0.1) is 0 Å². The number of nitrogens with two attached hydrogens (primary N) is 1. The van der Waals surface area contributed by atoms with Crippen molar-refractivity contribution in [2.45, 2.75) is 18.6 Å². The van der Waals surface area contributed by atoms with E-state index in [-0.39, 0.29) is 17.1 Å². The second kappa shape index (κ2) is 5.53. The average Bonchev–Trinajstić information content (AvgIpc) is 2.29. The van der Waals surface area contributed by atoms with Gasteiger partial charge in [-0.25, -0.2) is 0 Å². The maximum absolute atomic E-state index is 12.3. The number of rotatable bonds is 3. The molecule has 0 bridgehead atoms. The van der Waals surface area contributed by atoms with Gasteiger partial charge in [0.15, 0.2) is 0 Å². The van der Waals surface area contributed by atoms with Crippen LogP contribution in [-0.2, 0) is 22.1 Å². The molecule has 4 nitrogen and oxygen atoms in total. The summed E-state index contributed by atoms with van der Waals surface area (Å²) in [6.45, 7) is 0. The molecule has 0 aliphatic rings. The number of aromatic nitrogens is 1. The molecule has 0 saturated heterocycles. The zero-order chi connectivity index (χ0) is 13.9. The molecule has 100 valence electrons. The molecule has 1 aromatic rings. The number of ether oxygens (including phenoxy) is 1. The topological polar surface area (TPSA) is 65.2 Å². The van der Waals surface area contributed by atoms with E-state index in [1.54, 1.807) is 0 Å². The van der Waals surface area contributed by atoms with Gasteiger partial charge in [-0.05, 0) is 6.07 Å². The number of hydrogen-bond donors (Lipinski definition) is 1. The molecular weight excluding hydrogens is 273 g/mol. The van der Waals surface area contributed by atoms with Crippen LogP contribution >= 0.6 is 11.6 Å². The molecule has 0 aromatic carbocycles. The Labute approximate surface area is 106 Å². The maximum Gasteiger partial charge on any atom is 0.417 e. The molecule has 8 heteroatoms. The first-order chi connectivity index (χ1) is 8.25. The van der Waals surface area contributed by atoms with Crippen molar-refractivity contribution in [2.75, 3.05) is 7.11 Å². The number of carbonyl (C=O) groups is 1. The maximum atomic E-state index is 12.3. The monoisotopic (exact) mass is 282 g/mol. The number of halogens is 4. The molecule has 1 heterocycles. The van der Waals surface area contributed by atoms with Crippen LogP contribution in [0.1, 0.15) is 11.3 Å². The highest BCUT2D eigenvalue weighted by Crippen LogP contribution is 2.31. The predicted molar refractivity (Wildman–Crippen MR) is 57.9 cm³/mol. The van der Waals surface area contributed by atoms with Crippen LogP contribution in [0.15, 0.2) is 12.3 Å². The van der Waals surface area contributed by atoms with Crippen LogP contribution in [0.5, 0.6) is 0 Å². The summed E-state index contributed by atoms with van der Waals surface area (Å²) in [5, 5.41) is -0.191. The Bertz CT molecular complexity index is 451. The van der Waals surface area contributed by atoms with E-state index in [1.165, 1.54) is 0 Å². The fraction of sp³-hybridized carbons (Fsp3) is 0.400. The Morgan fingerprint density at radius 2 is 2.22 bits per heavy atom. The molecule has 1 aromatic heterocycles. The molecule has 0 unspecified atom stereocenters. The lowest BCUT2D eigenvalue weighted by atomic mass is 10.1. The molecule has 0 spiro atoms. The first-order valence-electron chi connectivity index (χ1n) is 4.80. The van der Waals surface area contributed by atoms with Gasteiger partial charge in [0.05, 0.1) is 23.4 Å². The zero-order valence-corrected chi connectivity index (χ0v) is 10.0. The van der Waals surface area contributed by atoms with Crippen molar-refractivity contribution in [1.82, 2.24) is 4.98 Å². The van der Waals surface area contributed by atoms with E-state index in [1.807, 2.05) is 0 Å². The smallest absolute Gasteiger partial charge is 0.417 e. The highest BCUT2D eigenvalue weighted by Gasteiger charge is 2.31. The first-order valence-corrected chi connectivity index (χ1v) is 5.18. The lowest BCUT2D eigenvalue weighted by molar-refractivity contribution is -0.142. The number of pyridine rings is 1. The molecule has 18 heavy (non-hydrogen) atoms. The molecule has 2 N–H and O–H groups in total. The fourth-order valence-electron chi connectivity index (χ4n) is 1.21. The molecule has 0 fully saturated rings. The summed E-state index contributed by atoms with van der Waals surface area (Å²) in [7, 11) is 1.16. The third-order valence-corrected chi connectivity index (χ3v) is 2.49. The quantitative estimate of drug-likeness (QED) is 0.859. The highest BCUT2D eigenvalue weighted by molar-refractivity contribution is 6.31. The van der Waals surface area contributed by atoms with Gasteiger partial charge in [0.1, 0.15) is 6.04 Å². The van der Waals surface area contributed by atoms with E-state index in [4.69, 9.17) is 17.3 Å². The number of alkyl halides is 3. The molecule has 1 rings (SSSR count). The second-order valence-electron chi connectivity index (χ2n) is 3.48. The first kappa shape index (κ1) is 14.7. The van der Waals surface area contributed by atoms with Crippen LogP contribution in [-0.4, -0.2) is 24.1 Å². The molecule has 0 radical (unpaired) electrons. The van der Waals surface area contributed by atoms with E-state index >= 15 is 0 Å². The molecule has 0 aliphatic carbocycles. The van der Waals surface area contributed by atoms with E-state index in [0.29, 0.717) is 6.20 Å². The van der Waals surface area contributed by atoms with Crippen LogP contribution in [0.2, 0.25) is 5.02 Å². The van der Waals surface area contributed by atoms with Gasteiger partial charge in [0.2, 0.25) is 0 Å². The van der Waals surface area contributed by atoms with Gasteiger partial charge >= 0.3 is 12.1 Å². The van der Waals surface area contributed by atoms with Crippen LogP contribution in [0.25, 0.3) is 0 Å². The van der Waals surface area contributed by atoms with Gasteiger partial charge < -0.3 is 10.5 Å². The molecule has 0 amide bonds. The van der Waals surface area contributed by atoms with E-state index in [9.17, 15) is 18.0 Å². The largest absolute Gasteiger partial charge is 0.468 e. The summed E-state index contributed by atoms with van der Waals surface area (Å²) in [6, 6.07) is -0.273. The minimum Gasteiger partial charge on any atom is -0.468 e.